The van der Waals surface area contributed by atoms with Crippen LogP contribution < -0.4 is 15.4 Å². The number of rotatable bonds is 9. The van der Waals surface area contributed by atoms with Gasteiger partial charge < -0.3 is 25.3 Å². The van der Waals surface area contributed by atoms with E-state index in [4.69, 9.17) is 26.3 Å². The lowest BCUT2D eigenvalue weighted by Gasteiger charge is -2.31. The van der Waals surface area contributed by atoms with Gasteiger partial charge in [-0.25, -0.2) is 9.97 Å². The number of hydrogen-bond acceptors (Lipinski definition) is 6. The fourth-order valence-corrected chi connectivity index (χ4v) is 4.74. The zero-order valence-electron chi connectivity index (χ0n) is 21.7. The standard InChI is InChI=1S/C29H31ClN6O3/c1-19(37)31-13-14-32-27-24-17-25(33-28(24)35-26(34-27)21-5-3-2-4-6-21)29(38)36-15-11-20(12-16-36)18-39-23-9-7-22(30)8-10-23/h2-10,17,20H,11-16,18H2,1H3,(H,31,37)(H2,32,33,34,35). The van der Waals surface area contributed by atoms with Crippen molar-refractivity contribution in [2.75, 3.05) is 38.1 Å². The Morgan fingerprint density at radius 3 is 2.51 bits per heavy atom. The molecule has 10 heteroatoms. The van der Waals surface area contributed by atoms with Crippen LogP contribution in [0.2, 0.25) is 5.02 Å². The van der Waals surface area contributed by atoms with Crippen LogP contribution in [0.4, 0.5) is 5.82 Å². The normalized spacial score (nSPS) is 13.8. The Balaban J connectivity index is 1.28. The second kappa shape index (κ2) is 12.2. The smallest absolute Gasteiger partial charge is 0.270 e. The Bertz CT molecular complexity index is 1430. The highest BCUT2D eigenvalue weighted by molar-refractivity contribution is 6.30. The van der Waals surface area contributed by atoms with E-state index in [1.54, 1.807) is 0 Å². The number of aromatic nitrogens is 3. The third-order valence-electron chi connectivity index (χ3n) is 6.74. The molecule has 3 N–H and O–H groups in total. The van der Waals surface area contributed by atoms with Gasteiger partial charge in [-0.05, 0) is 49.1 Å². The van der Waals surface area contributed by atoms with Gasteiger partial charge in [-0.1, -0.05) is 41.9 Å². The van der Waals surface area contributed by atoms with Crippen LogP contribution >= 0.6 is 11.6 Å². The van der Waals surface area contributed by atoms with E-state index >= 15 is 0 Å². The van der Waals surface area contributed by atoms with Crippen molar-refractivity contribution in [3.63, 3.8) is 0 Å². The van der Waals surface area contributed by atoms with Crippen molar-refractivity contribution >= 4 is 40.3 Å². The number of fused-ring (bicyclic) bond motifs is 1. The van der Waals surface area contributed by atoms with Gasteiger partial charge in [-0.3, -0.25) is 9.59 Å². The molecule has 2 aromatic heterocycles. The molecule has 3 heterocycles. The Kier molecular flexibility index (Phi) is 8.27. The fraction of sp³-hybridized carbons (Fsp3) is 0.310. The zero-order chi connectivity index (χ0) is 27.2. The number of amides is 2. The molecule has 1 aliphatic heterocycles. The largest absolute Gasteiger partial charge is 0.493 e. The van der Waals surface area contributed by atoms with Crippen LogP contribution in [-0.4, -0.2) is 64.5 Å². The van der Waals surface area contributed by atoms with E-state index in [1.165, 1.54) is 6.92 Å². The predicted octanol–water partition coefficient (Wildman–Crippen LogP) is 4.76. The topological polar surface area (TPSA) is 112 Å². The molecule has 0 bridgehead atoms. The molecule has 9 nitrogen and oxygen atoms in total. The molecule has 39 heavy (non-hydrogen) atoms. The summed E-state index contributed by atoms with van der Waals surface area (Å²) in [5, 5.41) is 7.47. The van der Waals surface area contributed by atoms with Gasteiger partial charge in [-0.15, -0.1) is 0 Å². The summed E-state index contributed by atoms with van der Waals surface area (Å²) in [4.78, 5) is 39.2. The average molecular weight is 547 g/mol. The van der Waals surface area contributed by atoms with E-state index in [0.29, 0.717) is 66.7 Å². The van der Waals surface area contributed by atoms with Crippen LogP contribution in [-0.2, 0) is 4.79 Å². The number of H-pyrrole nitrogens is 1. The summed E-state index contributed by atoms with van der Waals surface area (Å²) in [6.45, 7) is 4.35. The summed E-state index contributed by atoms with van der Waals surface area (Å²) >= 11 is 5.95. The number of nitrogens with one attached hydrogen (secondary N) is 3. The van der Waals surface area contributed by atoms with Gasteiger partial charge in [0.1, 0.15) is 22.9 Å². The fourth-order valence-electron chi connectivity index (χ4n) is 4.61. The molecule has 2 aromatic carbocycles. The molecular formula is C29H31ClN6O3. The highest BCUT2D eigenvalue weighted by atomic mass is 35.5. The Hall–Kier alpha value is -4.11. The Morgan fingerprint density at radius 2 is 1.79 bits per heavy atom. The number of carbonyl (C=O) groups excluding carboxylic acids is 2. The molecule has 5 rings (SSSR count). The number of hydrogen-bond donors (Lipinski definition) is 3. The van der Waals surface area contributed by atoms with Crippen LogP contribution in [0.25, 0.3) is 22.4 Å². The maximum atomic E-state index is 13.4. The lowest BCUT2D eigenvalue weighted by molar-refractivity contribution is -0.118. The lowest BCUT2D eigenvalue weighted by Crippen LogP contribution is -2.39. The summed E-state index contributed by atoms with van der Waals surface area (Å²) in [7, 11) is 0. The first-order valence-electron chi connectivity index (χ1n) is 13.1. The molecule has 2 amide bonds. The summed E-state index contributed by atoms with van der Waals surface area (Å²) in [5.41, 5.74) is 1.93. The highest BCUT2D eigenvalue weighted by Crippen LogP contribution is 2.27. The SMILES string of the molecule is CC(=O)NCCNc1nc(-c2ccccc2)nc2[nH]c(C(=O)N3CCC(COc4ccc(Cl)cc4)CC3)cc12. The van der Waals surface area contributed by atoms with Crippen LogP contribution in [0.5, 0.6) is 5.75 Å². The lowest BCUT2D eigenvalue weighted by atomic mass is 9.97. The molecule has 1 aliphatic rings. The number of piperidine rings is 1. The maximum absolute atomic E-state index is 13.4. The Morgan fingerprint density at radius 1 is 1.05 bits per heavy atom. The first-order chi connectivity index (χ1) is 19.0. The summed E-state index contributed by atoms with van der Waals surface area (Å²) in [6.07, 6.45) is 1.74. The number of aromatic amines is 1. The minimum Gasteiger partial charge on any atom is -0.493 e. The van der Waals surface area contributed by atoms with E-state index in [9.17, 15) is 9.59 Å². The van der Waals surface area contributed by atoms with Crippen LogP contribution in [0.15, 0.2) is 60.7 Å². The van der Waals surface area contributed by atoms with Crippen LogP contribution in [0.3, 0.4) is 0 Å². The zero-order valence-corrected chi connectivity index (χ0v) is 22.5. The predicted molar refractivity (Wildman–Crippen MR) is 152 cm³/mol. The molecule has 0 aliphatic carbocycles. The molecule has 1 saturated heterocycles. The van der Waals surface area contributed by atoms with Crippen LogP contribution in [0, 0.1) is 5.92 Å². The van der Waals surface area contributed by atoms with E-state index < -0.39 is 0 Å². The van der Waals surface area contributed by atoms with Gasteiger partial charge in [0, 0.05) is 43.7 Å². The summed E-state index contributed by atoms with van der Waals surface area (Å²) in [5.74, 6) is 2.18. The van der Waals surface area contributed by atoms with Crippen molar-refractivity contribution in [1.29, 1.82) is 0 Å². The minimum absolute atomic E-state index is 0.0597. The Labute approximate surface area is 231 Å². The first-order valence-corrected chi connectivity index (χ1v) is 13.5. The molecule has 0 atom stereocenters. The van der Waals surface area contributed by atoms with Gasteiger partial charge in [-0.2, -0.15) is 0 Å². The first kappa shape index (κ1) is 26.5. The van der Waals surface area contributed by atoms with Gasteiger partial charge in [0.2, 0.25) is 5.91 Å². The molecule has 0 spiro atoms. The van der Waals surface area contributed by atoms with Crippen molar-refractivity contribution in [1.82, 2.24) is 25.2 Å². The highest BCUT2D eigenvalue weighted by Gasteiger charge is 2.26. The van der Waals surface area contributed by atoms with E-state index in [2.05, 4.69) is 15.6 Å². The van der Waals surface area contributed by atoms with Gasteiger partial charge >= 0.3 is 0 Å². The third kappa shape index (κ3) is 6.67. The van der Waals surface area contributed by atoms with Crippen LogP contribution in [0.1, 0.15) is 30.3 Å². The van der Waals surface area contributed by atoms with Gasteiger partial charge in [0.05, 0.1) is 12.0 Å². The van der Waals surface area contributed by atoms with Crippen molar-refractivity contribution in [3.8, 4) is 17.1 Å². The van der Waals surface area contributed by atoms with E-state index in [0.717, 1.165) is 29.5 Å². The van der Waals surface area contributed by atoms with Crippen molar-refractivity contribution < 1.29 is 14.3 Å². The van der Waals surface area contributed by atoms with Crippen molar-refractivity contribution in [2.24, 2.45) is 5.92 Å². The maximum Gasteiger partial charge on any atom is 0.270 e. The number of likely N-dealkylation sites (tertiary alicyclic amines) is 1. The summed E-state index contributed by atoms with van der Waals surface area (Å²) < 4.78 is 5.92. The molecule has 202 valence electrons. The number of nitrogens with zero attached hydrogens (tertiary/aromatic N) is 3. The molecule has 0 unspecified atom stereocenters. The van der Waals surface area contributed by atoms with Crippen molar-refractivity contribution in [3.05, 3.63) is 71.4 Å². The molecular weight excluding hydrogens is 516 g/mol. The van der Waals surface area contributed by atoms with E-state index in [-0.39, 0.29) is 11.8 Å². The third-order valence-corrected chi connectivity index (χ3v) is 6.99. The molecule has 0 saturated carbocycles. The second-order valence-corrected chi connectivity index (χ2v) is 10.1. The number of carbonyl (C=O) groups is 2. The van der Waals surface area contributed by atoms with Gasteiger partial charge in [0.25, 0.3) is 5.91 Å². The monoisotopic (exact) mass is 546 g/mol. The van der Waals surface area contributed by atoms with Gasteiger partial charge in [0.15, 0.2) is 5.82 Å². The second-order valence-electron chi connectivity index (χ2n) is 9.62. The molecule has 4 aromatic rings. The number of ether oxygens (including phenoxy) is 1. The minimum atomic E-state index is -0.0931. The summed E-state index contributed by atoms with van der Waals surface area (Å²) in [6, 6.07) is 18.9. The number of anilines is 1. The van der Waals surface area contributed by atoms with E-state index in [1.807, 2.05) is 65.6 Å². The number of benzene rings is 2. The van der Waals surface area contributed by atoms with Crippen molar-refractivity contribution in [2.45, 2.75) is 19.8 Å². The molecule has 1 fully saturated rings. The number of halogens is 1. The molecule has 0 radical (unpaired) electrons. The quantitative estimate of drug-likeness (QED) is 0.261. The average Bonchev–Trinajstić information content (AvgIpc) is 3.40.